The number of thioether (sulfide) groups is 1. The molecule has 0 bridgehead atoms. The van der Waals surface area contributed by atoms with Gasteiger partial charge in [0.05, 0.1) is 0 Å². The molecule has 0 aliphatic carbocycles. The number of hydrogen-bond donors (Lipinski definition) is 1. The van der Waals surface area contributed by atoms with Gasteiger partial charge >= 0.3 is 5.69 Å². The molecule has 1 heterocycles. The molecule has 0 unspecified atom stereocenters. The van der Waals surface area contributed by atoms with Crippen molar-refractivity contribution in [2.75, 3.05) is 11.6 Å². The van der Waals surface area contributed by atoms with Crippen molar-refractivity contribution in [3.05, 3.63) is 10.5 Å². The molecule has 0 amide bonds. The summed E-state index contributed by atoms with van der Waals surface area (Å²) < 4.78 is 1.53. The van der Waals surface area contributed by atoms with Gasteiger partial charge in [0.1, 0.15) is 0 Å². The minimum atomic E-state index is -0.153. The highest BCUT2D eigenvalue weighted by molar-refractivity contribution is 7.99. The summed E-state index contributed by atoms with van der Waals surface area (Å²) in [5, 5.41) is 7.10. The molecule has 1 aromatic heterocycles. The highest BCUT2D eigenvalue weighted by Gasteiger charge is 2.03. The first-order valence-corrected chi connectivity index (χ1v) is 6.58. The number of rotatable bonds is 7. The molecule has 0 saturated carbocycles. The minimum absolute atomic E-state index is 0.153. The topological polar surface area (TPSA) is 50.7 Å². The Hall–Kier alpha value is -0.420. The van der Waals surface area contributed by atoms with Crippen LogP contribution in [0.5, 0.6) is 0 Å². The molecular formula is C9H16ClN3OS. The highest BCUT2D eigenvalue weighted by Crippen LogP contribution is 2.15. The van der Waals surface area contributed by atoms with E-state index in [0.29, 0.717) is 0 Å². The number of nitrogens with one attached hydrogen (secondary N) is 1. The van der Waals surface area contributed by atoms with Gasteiger partial charge in [-0.15, -0.1) is 16.7 Å². The fraction of sp³-hybridized carbons (Fsp3) is 0.778. The van der Waals surface area contributed by atoms with Crippen LogP contribution in [0.3, 0.4) is 0 Å². The summed E-state index contributed by atoms with van der Waals surface area (Å²) in [6.07, 6.45) is 4.61. The summed E-state index contributed by atoms with van der Waals surface area (Å²) in [5.41, 5.74) is -0.153. The summed E-state index contributed by atoms with van der Waals surface area (Å²) in [4.78, 5) is 11.0. The third-order valence-corrected chi connectivity index (χ3v) is 3.48. The Morgan fingerprint density at radius 2 is 2.13 bits per heavy atom. The molecule has 0 radical (unpaired) electrons. The largest absolute Gasteiger partial charge is 0.343 e. The number of unbranched alkanes of at least 4 members (excludes halogenated alkanes) is 3. The van der Waals surface area contributed by atoms with Gasteiger partial charge in [0.25, 0.3) is 0 Å². The second kappa shape index (κ2) is 6.95. The minimum Gasteiger partial charge on any atom is -0.273 e. The monoisotopic (exact) mass is 249 g/mol. The van der Waals surface area contributed by atoms with Crippen molar-refractivity contribution in [3.63, 3.8) is 0 Å². The second-order valence-corrected chi connectivity index (χ2v) is 4.76. The van der Waals surface area contributed by atoms with Crippen LogP contribution < -0.4 is 5.69 Å². The Labute approximate surface area is 98.4 Å². The molecule has 0 spiro atoms. The van der Waals surface area contributed by atoms with Crippen molar-refractivity contribution in [1.82, 2.24) is 14.8 Å². The van der Waals surface area contributed by atoms with Crippen LogP contribution in [0.1, 0.15) is 25.7 Å². The van der Waals surface area contributed by atoms with Gasteiger partial charge in [-0.25, -0.2) is 9.89 Å². The fourth-order valence-corrected chi connectivity index (χ4v) is 2.28. The molecule has 6 heteroatoms. The van der Waals surface area contributed by atoms with Crippen LogP contribution in [0.15, 0.2) is 9.95 Å². The molecule has 0 aliphatic heterocycles. The average molecular weight is 250 g/mol. The number of aromatic nitrogens is 3. The molecular weight excluding hydrogens is 234 g/mol. The van der Waals surface area contributed by atoms with Gasteiger partial charge in [-0.3, -0.25) is 4.57 Å². The molecule has 0 aliphatic rings. The smallest absolute Gasteiger partial charge is 0.273 e. The van der Waals surface area contributed by atoms with E-state index in [0.717, 1.165) is 29.6 Å². The fourth-order valence-electron chi connectivity index (χ4n) is 1.18. The molecule has 86 valence electrons. The van der Waals surface area contributed by atoms with Gasteiger partial charge in [0.2, 0.25) is 0 Å². The van der Waals surface area contributed by atoms with E-state index in [-0.39, 0.29) is 5.69 Å². The van der Waals surface area contributed by atoms with Crippen molar-refractivity contribution < 1.29 is 0 Å². The lowest BCUT2D eigenvalue weighted by Gasteiger charge is -1.99. The predicted octanol–water partition coefficient (Wildman–Crippen LogP) is 2.00. The Kier molecular flexibility index (Phi) is 5.86. The quantitative estimate of drug-likeness (QED) is 0.457. The van der Waals surface area contributed by atoms with E-state index in [4.69, 9.17) is 11.6 Å². The Morgan fingerprint density at radius 1 is 1.40 bits per heavy atom. The number of aromatic amines is 1. The van der Waals surface area contributed by atoms with Gasteiger partial charge in [-0.05, 0) is 12.8 Å². The van der Waals surface area contributed by atoms with Crippen LogP contribution in [-0.4, -0.2) is 26.4 Å². The van der Waals surface area contributed by atoms with Crippen LogP contribution in [0.2, 0.25) is 0 Å². The zero-order valence-electron chi connectivity index (χ0n) is 8.83. The molecule has 1 rings (SSSR count). The van der Waals surface area contributed by atoms with Gasteiger partial charge in [-0.2, -0.15) is 0 Å². The molecule has 0 aromatic carbocycles. The van der Waals surface area contributed by atoms with E-state index < -0.39 is 0 Å². The molecule has 0 saturated heterocycles. The summed E-state index contributed by atoms with van der Waals surface area (Å²) in [6.45, 7) is 0. The van der Waals surface area contributed by atoms with E-state index in [1.165, 1.54) is 17.4 Å². The zero-order chi connectivity index (χ0) is 11.1. The van der Waals surface area contributed by atoms with E-state index in [2.05, 4.69) is 10.2 Å². The average Bonchev–Trinajstić information content (AvgIpc) is 2.54. The van der Waals surface area contributed by atoms with Crippen molar-refractivity contribution in [3.8, 4) is 0 Å². The van der Waals surface area contributed by atoms with Gasteiger partial charge < -0.3 is 0 Å². The van der Waals surface area contributed by atoms with Gasteiger partial charge in [0, 0.05) is 18.7 Å². The predicted molar refractivity (Wildman–Crippen MR) is 63.7 cm³/mol. The maximum atomic E-state index is 11.0. The lowest BCUT2D eigenvalue weighted by molar-refractivity contribution is 0.706. The number of nitrogens with zero attached hydrogens (tertiary/aromatic N) is 2. The Balaban J connectivity index is 2.15. The van der Waals surface area contributed by atoms with E-state index >= 15 is 0 Å². The summed E-state index contributed by atoms with van der Waals surface area (Å²) >= 11 is 7.19. The normalized spacial score (nSPS) is 10.8. The SMILES string of the molecule is Cn1c(SCCCCCCCl)n[nH]c1=O. The van der Waals surface area contributed by atoms with Gasteiger partial charge in [-0.1, -0.05) is 24.6 Å². The number of alkyl halides is 1. The second-order valence-electron chi connectivity index (χ2n) is 3.32. The first-order chi connectivity index (χ1) is 7.25. The molecule has 0 fully saturated rings. The molecule has 1 N–H and O–H groups in total. The molecule has 0 atom stereocenters. The number of hydrogen-bond acceptors (Lipinski definition) is 3. The number of H-pyrrole nitrogens is 1. The summed E-state index contributed by atoms with van der Waals surface area (Å²) in [6, 6.07) is 0. The third kappa shape index (κ3) is 4.30. The van der Waals surface area contributed by atoms with Crippen molar-refractivity contribution in [1.29, 1.82) is 0 Å². The third-order valence-electron chi connectivity index (χ3n) is 2.10. The van der Waals surface area contributed by atoms with Crippen LogP contribution in [0.25, 0.3) is 0 Å². The number of halogens is 1. The first-order valence-electron chi connectivity index (χ1n) is 5.06. The first kappa shape index (κ1) is 12.6. The van der Waals surface area contributed by atoms with Crippen LogP contribution in [-0.2, 0) is 7.05 Å². The van der Waals surface area contributed by atoms with Crippen molar-refractivity contribution in [2.45, 2.75) is 30.8 Å². The lowest BCUT2D eigenvalue weighted by atomic mass is 10.2. The Morgan fingerprint density at radius 3 is 2.73 bits per heavy atom. The zero-order valence-corrected chi connectivity index (χ0v) is 10.4. The standard InChI is InChI=1S/C9H16ClN3OS/c1-13-8(14)11-12-9(13)15-7-5-3-2-4-6-10/h2-7H2,1H3,(H,11,14). The summed E-state index contributed by atoms with van der Waals surface area (Å²) in [7, 11) is 1.72. The maximum absolute atomic E-state index is 11.0. The van der Waals surface area contributed by atoms with Crippen molar-refractivity contribution >= 4 is 23.4 Å². The highest BCUT2D eigenvalue weighted by atomic mass is 35.5. The Bertz CT molecular complexity index is 336. The van der Waals surface area contributed by atoms with E-state index in [1.54, 1.807) is 18.8 Å². The van der Waals surface area contributed by atoms with E-state index in [1.807, 2.05) is 0 Å². The molecule has 4 nitrogen and oxygen atoms in total. The van der Waals surface area contributed by atoms with Gasteiger partial charge in [0.15, 0.2) is 5.16 Å². The lowest BCUT2D eigenvalue weighted by Crippen LogP contribution is -2.12. The van der Waals surface area contributed by atoms with E-state index in [9.17, 15) is 4.79 Å². The van der Waals surface area contributed by atoms with Crippen LogP contribution in [0.4, 0.5) is 0 Å². The van der Waals surface area contributed by atoms with Crippen LogP contribution in [0, 0.1) is 0 Å². The maximum Gasteiger partial charge on any atom is 0.343 e. The molecule has 15 heavy (non-hydrogen) atoms. The molecule has 1 aromatic rings. The van der Waals surface area contributed by atoms with Crippen molar-refractivity contribution in [2.24, 2.45) is 7.05 Å². The van der Waals surface area contributed by atoms with Crippen LogP contribution >= 0.6 is 23.4 Å². The summed E-state index contributed by atoms with van der Waals surface area (Å²) in [5.74, 6) is 1.75.